The van der Waals surface area contributed by atoms with E-state index in [4.69, 9.17) is 4.74 Å². The van der Waals surface area contributed by atoms with Crippen molar-refractivity contribution < 1.29 is 9.53 Å². The molecular weight excluding hydrogens is 360 g/mol. The van der Waals surface area contributed by atoms with Crippen LogP contribution in [0.2, 0.25) is 0 Å². The molecule has 2 fully saturated rings. The molecule has 3 atom stereocenters. The minimum Gasteiger partial charge on any atom is -0.497 e. The monoisotopic (exact) mass is 396 g/mol. The summed E-state index contributed by atoms with van der Waals surface area (Å²) in [6.45, 7) is 12.2. The van der Waals surface area contributed by atoms with Gasteiger partial charge >= 0.3 is 0 Å². The molecule has 0 radical (unpaired) electrons. The van der Waals surface area contributed by atoms with Crippen LogP contribution < -0.4 is 10.1 Å². The lowest BCUT2D eigenvalue weighted by Crippen LogP contribution is -2.52. The quantitative estimate of drug-likeness (QED) is 0.680. The second kappa shape index (κ2) is 7.07. The standard InChI is InChI=1S/C25H36N2O2/c1-7-8-13-27-20-10-9-18(29-6)14-19(20)16(2)21(27)22(28)26-23-24(3,4)17-11-12-25(23,5)15-17/h9-10,14,17,23H,7-8,11-13,15H2,1-6H3,(H,26,28)/t17?,23?,25-/m1/s1. The molecule has 1 heterocycles. The number of carbonyl (C=O) groups is 1. The number of rotatable bonds is 6. The molecule has 1 amide bonds. The van der Waals surface area contributed by atoms with E-state index in [-0.39, 0.29) is 22.8 Å². The van der Waals surface area contributed by atoms with Crippen LogP contribution in [0.15, 0.2) is 18.2 Å². The van der Waals surface area contributed by atoms with E-state index in [0.717, 1.165) is 47.3 Å². The smallest absolute Gasteiger partial charge is 0.268 e. The zero-order valence-corrected chi connectivity index (χ0v) is 18.9. The van der Waals surface area contributed by atoms with Crippen LogP contribution >= 0.6 is 0 Å². The average Bonchev–Trinajstić information content (AvgIpc) is 3.28. The highest BCUT2D eigenvalue weighted by Crippen LogP contribution is 2.62. The third kappa shape index (κ3) is 3.06. The number of ether oxygens (including phenoxy) is 1. The van der Waals surface area contributed by atoms with Gasteiger partial charge in [-0.25, -0.2) is 0 Å². The maximum Gasteiger partial charge on any atom is 0.268 e. The van der Waals surface area contributed by atoms with Crippen molar-refractivity contribution in [3.05, 3.63) is 29.5 Å². The van der Waals surface area contributed by atoms with Gasteiger partial charge in [0.2, 0.25) is 0 Å². The van der Waals surface area contributed by atoms with E-state index in [1.807, 2.05) is 6.07 Å². The number of carbonyl (C=O) groups excluding carboxylic acids is 1. The number of hydrogen-bond acceptors (Lipinski definition) is 2. The predicted octanol–water partition coefficient (Wildman–Crippen LogP) is 5.70. The van der Waals surface area contributed by atoms with Crippen molar-refractivity contribution in [2.45, 2.75) is 79.3 Å². The van der Waals surface area contributed by atoms with Gasteiger partial charge in [0.25, 0.3) is 5.91 Å². The largest absolute Gasteiger partial charge is 0.497 e. The zero-order chi connectivity index (χ0) is 21.0. The highest BCUT2D eigenvalue weighted by molar-refractivity contribution is 6.02. The Bertz CT molecular complexity index is 937. The average molecular weight is 397 g/mol. The van der Waals surface area contributed by atoms with Gasteiger partial charge < -0.3 is 14.6 Å². The summed E-state index contributed by atoms with van der Waals surface area (Å²) >= 11 is 0. The predicted molar refractivity (Wildman–Crippen MR) is 119 cm³/mol. The molecule has 2 unspecified atom stereocenters. The number of fused-ring (bicyclic) bond motifs is 3. The van der Waals surface area contributed by atoms with E-state index in [0.29, 0.717) is 5.92 Å². The van der Waals surface area contributed by atoms with Crippen molar-refractivity contribution in [3.63, 3.8) is 0 Å². The van der Waals surface area contributed by atoms with Crippen molar-refractivity contribution in [2.24, 2.45) is 16.7 Å². The molecule has 2 aliphatic rings. The molecular formula is C25H36N2O2. The van der Waals surface area contributed by atoms with E-state index in [9.17, 15) is 4.79 Å². The van der Waals surface area contributed by atoms with Gasteiger partial charge in [0.1, 0.15) is 11.4 Å². The van der Waals surface area contributed by atoms with Gasteiger partial charge in [-0.1, -0.05) is 34.1 Å². The normalized spacial score (nSPS) is 27.5. The summed E-state index contributed by atoms with van der Waals surface area (Å²) in [6, 6.07) is 6.38. The van der Waals surface area contributed by atoms with Crippen LogP contribution in [0.25, 0.3) is 10.9 Å². The van der Waals surface area contributed by atoms with Crippen molar-refractivity contribution in [3.8, 4) is 5.75 Å². The highest BCUT2D eigenvalue weighted by Gasteiger charge is 2.59. The molecule has 1 N–H and O–H groups in total. The van der Waals surface area contributed by atoms with Crippen molar-refractivity contribution in [2.75, 3.05) is 7.11 Å². The Morgan fingerprint density at radius 2 is 2.07 bits per heavy atom. The number of nitrogens with zero attached hydrogens (tertiary/aromatic N) is 1. The van der Waals surface area contributed by atoms with E-state index in [1.54, 1.807) is 7.11 Å². The number of nitrogens with one attached hydrogen (secondary N) is 1. The zero-order valence-electron chi connectivity index (χ0n) is 18.9. The molecule has 4 rings (SSSR count). The SMILES string of the molecule is CCCCn1c(C(=O)NC2C(C)(C)C3CC[C@]2(C)C3)c(C)c2cc(OC)ccc21. The first-order chi connectivity index (χ1) is 13.7. The van der Waals surface area contributed by atoms with E-state index < -0.39 is 0 Å². The third-order valence-electron chi connectivity index (χ3n) is 8.02. The van der Waals surface area contributed by atoms with Crippen LogP contribution in [0.4, 0.5) is 0 Å². The number of methoxy groups -OCH3 is 1. The molecule has 0 aliphatic heterocycles. The first-order valence-electron chi connectivity index (χ1n) is 11.2. The van der Waals surface area contributed by atoms with Gasteiger partial charge in [-0.3, -0.25) is 4.79 Å². The molecule has 2 aliphatic carbocycles. The van der Waals surface area contributed by atoms with E-state index in [2.05, 4.69) is 56.6 Å². The minimum atomic E-state index is 0.0839. The maximum atomic E-state index is 13.7. The lowest BCUT2D eigenvalue weighted by Gasteiger charge is -2.43. The number of benzene rings is 1. The number of aromatic nitrogens is 1. The van der Waals surface area contributed by atoms with E-state index >= 15 is 0 Å². The fourth-order valence-electron chi connectivity index (χ4n) is 6.33. The highest BCUT2D eigenvalue weighted by atomic mass is 16.5. The molecule has 1 aromatic heterocycles. The summed E-state index contributed by atoms with van der Waals surface area (Å²) in [5.74, 6) is 1.64. The van der Waals surface area contributed by atoms with Crippen molar-refractivity contribution in [1.29, 1.82) is 0 Å². The Hall–Kier alpha value is -1.97. The maximum absolute atomic E-state index is 13.7. The van der Waals surface area contributed by atoms with Crippen molar-refractivity contribution in [1.82, 2.24) is 9.88 Å². The molecule has 4 heteroatoms. The summed E-state index contributed by atoms with van der Waals surface area (Å²) in [7, 11) is 1.69. The first kappa shape index (κ1) is 20.3. The fourth-order valence-corrected chi connectivity index (χ4v) is 6.33. The third-order valence-corrected chi connectivity index (χ3v) is 8.02. The molecule has 1 aromatic carbocycles. The molecule has 2 saturated carbocycles. The Labute approximate surface area is 175 Å². The fraction of sp³-hybridized carbons (Fsp3) is 0.640. The summed E-state index contributed by atoms with van der Waals surface area (Å²) in [6.07, 6.45) is 5.92. The minimum absolute atomic E-state index is 0.0839. The van der Waals surface area contributed by atoms with Gasteiger partial charge in [-0.15, -0.1) is 0 Å². The molecule has 0 spiro atoms. The summed E-state index contributed by atoms with van der Waals surface area (Å²) in [5.41, 5.74) is 3.38. The summed E-state index contributed by atoms with van der Waals surface area (Å²) in [4.78, 5) is 13.7. The van der Waals surface area contributed by atoms with Crippen LogP contribution in [0, 0.1) is 23.7 Å². The molecule has 4 nitrogen and oxygen atoms in total. The second-order valence-corrected chi connectivity index (χ2v) is 10.2. The second-order valence-electron chi connectivity index (χ2n) is 10.2. The van der Waals surface area contributed by atoms with Gasteiger partial charge in [-0.2, -0.15) is 0 Å². The number of aryl methyl sites for hydroxylation is 2. The van der Waals surface area contributed by atoms with Gasteiger partial charge in [0.05, 0.1) is 7.11 Å². The number of amides is 1. The molecule has 2 bridgehead atoms. The molecule has 29 heavy (non-hydrogen) atoms. The van der Waals surface area contributed by atoms with Crippen molar-refractivity contribution >= 4 is 16.8 Å². The Morgan fingerprint density at radius 1 is 1.31 bits per heavy atom. The molecule has 2 aromatic rings. The van der Waals surface area contributed by atoms with E-state index in [1.165, 1.54) is 19.3 Å². The van der Waals surface area contributed by atoms with Crippen LogP contribution in [-0.4, -0.2) is 23.6 Å². The van der Waals surface area contributed by atoms with Crippen LogP contribution in [0.1, 0.15) is 75.9 Å². The molecule has 0 saturated heterocycles. The Kier molecular flexibility index (Phi) is 4.95. The topological polar surface area (TPSA) is 43.3 Å². The van der Waals surface area contributed by atoms with Gasteiger partial charge in [-0.05, 0) is 73.1 Å². The first-order valence-corrected chi connectivity index (χ1v) is 11.2. The van der Waals surface area contributed by atoms with Crippen LogP contribution in [0.5, 0.6) is 5.75 Å². The Balaban J connectivity index is 1.74. The summed E-state index contributed by atoms with van der Waals surface area (Å²) < 4.78 is 7.67. The number of unbranched alkanes of at least 4 members (excludes halogenated alkanes) is 1. The lowest BCUT2D eigenvalue weighted by molar-refractivity contribution is 0.0729. The van der Waals surface area contributed by atoms with Crippen LogP contribution in [-0.2, 0) is 6.54 Å². The molecule has 158 valence electrons. The summed E-state index contributed by atoms with van der Waals surface area (Å²) in [5, 5.41) is 4.63. The van der Waals surface area contributed by atoms with Gasteiger partial charge in [0, 0.05) is 23.5 Å². The van der Waals surface area contributed by atoms with Gasteiger partial charge in [0.15, 0.2) is 0 Å². The van der Waals surface area contributed by atoms with Crippen LogP contribution in [0.3, 0.4) is 0 Å². The number of hydrogen-bond donors (Lipinski definition) is 1. The lowest BCUT2D eigenvalue weighted by atomic mass is 9.68. The Morgan fingerprint density at radius 3 is 2.69 bits per heavy atom.